The summed E-state index contributed by atoms with van der Waals surface area (Å²) < 4.78 is 10.6. The largest absolute Gasteiger partial charge is 0.465 e. The molecule has 0 aliphatic carbocycles. The van der Waals surface area contributed by atoms with Gasteiger partial charge in [-0.25, -0.2) is 0 Å². The van der Waals surface area contributed by atoms with Gasteiger partial charge in [-0.2, -0.15) is 0 Å². The molecule has 0 bridgehead atoms. The van der Waals surface area contributed by atoms with Crippen molar-refractivity contribution in [1.82, 2.24) is 0 Å². The number of unbranched alkanes of at least 4 members (excludes halogenated alkanes) is 53. The van der Waals surface area contributed by atoms with Crippen LogP contribution in [0.5, 0.6) is 0 Å². The minimum absolute atomic E-state index is 0.00464. The molecule has 1 rings (SSSR count). The number of rotatable bonds is 59. The zero-order valence-electron chi connectivity index (χ0n) is 49.9. The predicted octanol–water partition coefficient (Wildman–Crippen LogP) is 21.5. The Hall–Kier alpha value is -1.40. The molecule has 0 aromatic heterocycles. The number of aliphatic hydroxyl groups excluding tert-OH is 2. The number of hydrogen-bond acceptors (Lipinski definition) is 6. The van der Waals surface area contributed by atoms with E-state index in [0.717, 1.165) is 19.3 Å². The van der Waals surface area contributed by atoms with Crippen LogP contribution in [-0.4, -0.2) is 48.6 Å². The molecule has 1 unspecified atom stereocenters. The molecule has 1 aliphatic rings. The highest BCUT2D eigenvalue weighted by molar-refractivity contribution is 5.80. The van der Waals surface area contributed by atoms with E-state index in [9.17, 15) is 19.8 Å². The zero-order valence-corrected chi connectivity index (χ0v) is 49.9. The van der Waals surface area contributed by atoms with Crippen LogP contribution in [0.1, 0.15) is 373 Å². The van der Waals surface area contributed by atoms with Crippen LogP contribution in [0, 0.1) is 11.3 Å². The lowest BCUT2D eigenvalue weighted by atomic mass is 9.92. The maximum Gasteiger partial charge on any atom is 0.309 e. The third-order valence-corrected chi connectivity index (χ3v) is 16.8. The lowest BCUT2D eigenvalue weighted by molar-refractivity contribution is -0.155. The van der Waals surface area contributed by atoms with Crippen LogP contribution in [0.25, 0.3) is 0 Å². The number of carbonyl (C=O) groups excluding carboxylic acids is 2. The van der Waals surface area contributed by atoms with Crippen molar-refractivity contribution in [3.05, 3.63) is 12.2 Å². The quantitative estimate of drug-likeness (QED) is 0.0358. The number of allylic oxidation sites excluding steroid dienone is 2. The lowest BCUT2D eigenvalue weighted by Crippen LogP contribution is -2.40. The van der Waals surface area contributed by atoms with Gasteiger partial charge >= 0.3 is 11.9 Å². The van der Waals surface area contributed by atoms with Crippen molar-refractivity contribution in [1.29, 1.82) is 0 Å². The Morgan fingerprint density at radius 1 is 0.351 bits per heavy atom. The Bertz CT molecular complexity index is 1160. The fraction of sp³-hybridized carbons (Fsp3) is 0.941. The Balaban J connectivity index is 1.67. The topological polar surface area (TPSA) is 93.1 Å². The van der Waals surface area contributed by atoms with Gasteiger partial charge in [0.05, 0.1) is 31.0 Å². The molecule has 438 valence electrons. The summed E-state index contributed by atoms with van der Waals surface area (Å²) in [5, 5.41) is 19.2. The molecule has 0 spiro atoms. The van der Waals surface area contributed by atoms with E-state index in [2.05, 4.69) is 19.1 Å². The van der Waals surface area contributed by atoms with Crippen LogP contribution in [0.3, 0.4) is 0 Å². The fourth-order valence-electron chi connectivity index (χ4n) is 11.3. The van der Waals surface area contributed by atoms with Crippen molar-refractivity contribution in [2.24, 2.45) is 11.3 Å². The molecule has 1 atom stereocenters. The summed E-state index contributed by atoms with van der Waals surface area (Å²) in [4.78, 5) is 24.8. The van der Waals surface area contributed by atoms with E-state index in [-0.39, 0.29) is 19.6 Å². The minimum atomic E-state index is -1.12. The molecule has 0 aromatic carbocycles. The molecule has 0 aromatic rings. The van der Waals surface area contributed by atoms with Crippen molar-refractivity contribution in [2.75, 3.05) is 26.4 Å². The smallest absolute Gasteiger partial charge is 0.309 e. The Labute approximate surface area is 462 Å². The predicted molar refractivity (Wildman–Crippen MR) is 320 cm³/mol. The maximum atomic E-state index is 12.6. The van der Waals surface area contributed by atoms with Gasteiger partial charge in [-0.05, 0) is 32.1 Å². The molecule has 0 radical (unpaired) electrons. The molecule has 1 fully saturated rings. The first-order chi connectivity index (χ1) is 36.6. The summed E-state index contributed by atoms with van der Waals surface area (Å²) in [6.45, 7) is 1.21. The summed E-state index contributed by atoms with van der Waals surface area (Å²) in [7, 11) is 0. The molecular formula is C68H130O6. The molecular weight excluding hydrogens is 913 g/mol. The summed E-state index contributed by atoms with van der Waals surface area (Å²) in [5.74, 6) is -1.40. The van der Waals surface area contributed by atoms with Crippen LogP contribution >= 0.6 is 0 Å². The number of hydrogen-bond donors (Lipinski definition) is 2. The molecule has 1 saturated heterocycles. The zero-order chi connectivity index (χ0) is 53.2. The first-order valence-corrected chi connectivity index (χ1v) is 33.8. The second-order valence-electron chi connectivity index (χ2n) is 24.2. The van der Waals surface area contributed by atoms with E-state index in [0.29, 0.717) is 6.42 Å². The second kappa shape index (κ2) is 57.8. The average molecular weight is 1040 g/mol. The number of esters is 2. The van der Waals surface area contributed by atoms with Crippen LogP contribution in [-0.2, 0) is 19.1 Å². The van der Waals surface area contributed by atoms with Gasteiger partial charge in [-0.15, -0.1) is 0 Å². The summed E-state index contributed by atoms with van der Waals surface area (Å²) in [6, 6.07) is 0. The van der Waals surface area contributed by atoms with Crippen LogP contribution < -0.4 is 0 Å². The molecule has 0 saturated carbocycles. The van der Waals surface area contributed by atoms with E-state index in [4.69, 9.17) is 9.47 Å². The summed E-state index contributed by atoms with van der Waals surface area (Å²) >= 11 is 0. The van der Waals surface area contributed by atoms with Gasteiger partial charge in [0.1, 0.15) is 13.2 Å². The lowest BCUT2D eigenvalue weighted by Gasteiger charge is -2.27. The third kappa shape index (κ3) is 48.9. The van der Waals surface area contributed by atoms with Crippen molar-refractivity contribution in [2.45, 2.75) is 373 Å². The van der Waals surface area contributed by atoms with Crippen LogP contribution in [0.4, 0.5) is 0 Å². The molecule has 1 aliphatic heterocycles. The van der Waals surface area contributed by atoms with Crippen molar-refractivity contribution in [3.8, 4) is 0 Å². The van der Waals surface area contributed by atoms with Gasteiger partial charge in [0.15, 0.2) is 0 Å². The van der Waals surface area contributed by atoms with Crippen molar-refractivity contribution >= 4 is 11.9 Å². The Morgan fingerprint density at radius 3 is 0.838 bits per heavy atom. The minimum Gasteiger partial charge on any atom is -0.465 e. The van der Waals surface area contributed by atoms with Crippen LogP contribution in [0.2, 0.25) is 0 Å². The molecule has 0 amide bonds. The first-order valence-electron chi connectivity index (χ1n) is 33.8. The number of carbonyl (C=O) groups is 2. The molecule has 2 N–H and O–H groups in total. The summed E-state index contributed by atoms with van der Waals surface area (Å²) in [6.07, 6.45) is 83.1. The SMILES string of the molecule is CCCCCCCCCCCCCCCCCCCCCCCCCCCC/C=C/CCCCCCCCCCCCCCCCCCCCCCCCCCCCCC1CC(=O)OCC(CO)(CO)COC1=O. The number of aliphatic hydroxyl groups is 2. The van der Waals surface area contributed by atoms with Crippen molar-refractivity contribution in [3.63, 3.8) is 0 Å². The van der Waals surface area contributed by atoms with Crippen molar-refractivity contribution < 1.29 is 29.3 Å². The monoisotopic (exact) mass is 1040 g/mol. The number of ether oxygens (including phenoxy) is 2. The average Bonchev–Trinajstić information content (AvgIpc) is 3.47. The highest BCUT2D eigenvalue weighted by Gasteiger charge is 2.36. The second-order valence-corrected chi connectivity index (χ2v) is 24.2. The number of cyclic esters (lactones) is 2. The van der Waals surface area contributed by atoms with E-state index in [1.807, 2.05) is 0 Å². The van der Waals surface area contributed by atoms with Gasteiger partial charge in [0.25, 0.3) is 0 Å². The van der Waals surface area contributed by atoms with Crippen LogP contribution in [0.15, 0.2) is 12.2 Å². The normalized spacial score (nSPS) is 15.1. The Morgan fingerprint density at radius 2 is 0.581 bits per heavy atom. The van der Waals surface area contributed by atoms with E-state index < -0.39 is 36.5 Å². The highest BCUT2D eigenvalue weighted by Crippen LogP contribution is 2.25. The summed E-state index contributed by atoms with van der Waals surface area (Å²) in [5.41, 5.74) is -1.12. The maximum absolute atomic E-state index is 12.6. The fourth-order valence-corrected chi connectivity index (χ4v) is 11.3. The van der Waals surface area contributed by atoms with Gasteiger partial charge < -0.3 is 19.7 Å². The van der Waals surface area contributed by atoms with Gasteiger partial charge in [0, 0.05) is 0 Å². The van der Waals surface area contributed by atoms with Gasteiger partial charge in [0.2, 0.25) is 0 Å². The third-order valence-electron chi connectivity index (χ3n) is 16.8. The molecule has 6 nitrogen and oxygen atoms in total. The molecule has 74 heavy (non-hydrogen) atoms. The highest BCUT2D eigenvalue weighted by atomic mass is 16.6. The Kier molecular flexibility index (Phi) is 55.1. The van der Waals surface area contributed by atoms with E-state index in [1.165, 1.54) is 334 Å². The van der Waals surface area contributed by atoms with Gasteiger partial charge in [-0.1, -0.05) is 347 Å². The van der Waals surface area contributed by atoms with E-state index >= 15 is 0 Å². The molecule has 1 heterocycles. The standard InChI is InChI=1S/C68H130O6/c1-2-3-4-5-6-7-8-9-10-11-12-13-14-15-16-17-18-19-20-21-22-23-24-25-26-27-28-29-30-31-32-33-34-35-36-37-38-39-40-41-42-43-44-45-46-47-48-49-50-51-52-53-54-55-56-57-58-59-65-60-66(71)73-63-68(61-69,62-70)64-74-67(65)72/h29-30,65,69-70H,2-28,31-64H2,1H3/b30-29+. The first kappa shape index (κ1) is 70.6. The van der Waals surface area contributed by atoms with Gasteiger partial charge in [-0.3, -0.25) is 9.59 Å². The molecule has 6 heteroatoms. The van der Waals surface area contributed by atoms with E-state index in [1.54, 1.807) is 0 Å².